The van der Waals surface area contributed by atoms with Gasteiger partial charge in [0.25, 0.3) is 11.8 Å². The SMILES string of the molecule is CC(OC(=O)COc1ccccc1Cc1ccccc1)c1nnc(-c2cccs2)o1. The van der Waals surface area contributed by atoms with Crippen molar-refractivity contribution >= 4 is 17.3 Å². The van der Waals surface area contributed by atoms with Crippen molar-refractivity contribution in [1.29, 1.82) is 0 Å². The maximum atomic E-state index is 12.3. The Hall–Kier alpha value is -3.45. The number of aromatic nitrogens is 2. The maximum absolute atomic E-state index is 12.3. The lowest BCUT2D eigenvalue weighted by Gasteiger charge is -2.13. The molecule has 0 bridgehead atoms. The van der Waals surface area contributed by atoms with Crippen molar-refractivity contribution in [2.75, 3.05) is 6.61 Å². The first-order valence-electron chi connectivity index (χ1n) is 9.50. The van der Waals surface area contributed by atoms with E-state index in [1.165, 1.54) is 16.9 Å². The predicted octanol–water partition coefficient (Wildman–Crippen LogP) is 5.07. The van der Waals surface area contributed by atoms with Crippen LogP contribution >= 0.6 is 11.3 Å². The second kappa shape index (κ2) is 9.37. The smallest absolute Gasteiger partial charge is 0.344 e. The molecular formula is C23H20N2O4S. The molecule has 4 rings (SSSR count). The minimum atomic E-state index is -0.665. The van der Waals surface area contributed by atoms with Gasteiger partial charge in [0.05, 0.1) is 4.88 Å². The normalized spacial score (nSPS) is 11.8. The molecule has 7 heteroatoms. The summed E-state index contributed by atoms with van der Waals surface area (Å²) in [7, 11) is 0. The zero-order valence-electron chi connectivity index (χ0n) is 16.4. The number of carbonyl (C=O) groups excluding carboxylic acids is 1. The molecule has 2 aromatic heterocycles. The number of ether oxygens (including phenoxy) is 2. The molecule has 0 aliphatic heterocycles. The summed E-state index contributed by atoms with van der Waals surface area (Å²) in [6, 6.07) is 21.5. The predicted molar refractivity (Wildman–Crippen MR) is 113 cm³/mol. The molecule has 6 nitrogen and oxygen atoms in total. The summed E-state index contributed by atoms with van der Waals surface area (Å²) in [5.41, 5.74) is 2.17. The zero-order chi connectivity index (χ0) is 20.8. The fourth-order valence-electron chi connectivity index (χ4n) is 2.92. The van der Waals surface area contributed by atoms with Gasteiger partial charge in [-0.1, -0.05) is 54.6 Å². The van der Waals surface area contributed by atoms with Crippen LogP contribution in [0.5, 0.6) is 5.75 Å². The van der Waals surface area contributed by atoms with Crippen molar-refractivity contribution in [3.63, 3.8) is 0 Å². The molecule has 152 valence electrons. The van der Waals surface area contributed by atoms with E-state index in [9.17, 15) is 4.79 Å². The van der Waals surface area contributed by atoms with Gasteiger partial charge >= 0.3 is 5.97 Å². The van der Waals surface area contributed by atoms with Crippen LogP contribution in [0, 0.1) is 0 Å². The summed E-state index contributed by atoms with van der Waals surface area (Å²) in [5.74, 6) is 0.807. The van der Waals surface area contributed by atoms with Gasteiger partial charge < -0.3 is 13.9 Å². The van der Waals surface area contributed by atoms with Crippen LogP contribution in [0.2, 0.25) is 0 Å². The second-order valence-corrected chi connectivity index (χ2v) is 7.56. The Morgan fingerprint density at radius 1 is 1.03 bits per heavy atom. The van der Waals surface area contributed by atoms with Crippen LogP contribution in [0.1, 0.15) is 30.0 Å². The van der Waals surface area contributed by atoms with Crippen LogP contribution in [-0.4, -0.2) is 22.8 Å². The van der Waals surface area contributed by atoms with Crippen molar-refractivity contribution in [2.24, 2.45) is 0 Å². The molecule has 0 aliphatic carbocycles. The first-order valence-corrected chi connectivity index (χ1v) is 10.4. The first kappa shape index (κ1) is 19.8. The van der Waals surface area contributed by atoms with Gasteiger partial charge in [-0.05, 0) is 35.6 Å². The molecule has 0 amide bonds. The van der Waals surface area contributed by atoms with Gasteiger partial charge in [0.15, 0.2) is 12.7 Å². The third-order valence-corrected chi connectivity index (χ3v) is 5.24. The Bertz CT molecular complexity index is 1090. The fourth-order valence-corrected chi connectivity index (χ4v) is 3.57. The highest BCUT2D eigenvalue weighted by atomic mass is 32.1. The van der Waals surface area contributed by atoms with E-state index >= 15 is 0 Å². The van der Waals surface area contributed by atoms with E-state index in [4.69, 9.17) is 13.9 Å². The van der Waals surface area contributed by atoms with Gasteiger partial charge in [-0.2, -0.15) is 0 Å². The van der Waals surface area contributed by atoms with Crippen molar-refractivity contribution in [3.8, 4) is 16.5 Å². The van der Waals surface area contributed by atoms with Crippen LogP contribution in [0.4, 0.5) is 0 Å². The quantitative estimate of drug-likeness (QED) is 0.371. The largest absolute Gasteiger partial charge is 0.482 e. The van der Waals surface area contributed by atoms with Gasteiger partial charge in [0.2, 0.25) is 0 Å². The van der Waals surface area contributed by atoms with Gasteiger partial charge in [0, 0.05) is 6.42 Å². The maximum Gasteiger partial charge on any atom is 0.344 e. The highest BCUT2D eigenvalue weighted by Crippen LogP contribution is 2.26. The van der Waals surface area contributed by atoms with Crippen LogP contribution in [-0.2, 0) is 16.0 Å². The number of nitrogens with zero attached hydrogens (tertiary/aromatic N) is 2. The summed E-state index contributed by atoms with van der Waals surface area (Å²) in [5, 5.41) is 9.91. The van der Waals surface area contributed by atoms with E-state index in [1.807, 2.05) is 60.0 Å². The molecule has 0 aliphatic rings. The van der Waals surface area contributed by atoms with Crippen LogP contribution in [0.3, 0.4) is 0 Å². The molecule has 0 saturated heterocycles. The monoisotopic (exact) mass is 420 g/mol. The molecule has 1 atom stereocenters. The summed E-state index contributed by atoms with van der Waals surface area (Å²) in [4.78, 5) is 13.1. The van der Waals surface area contributed by atoms with Crippen LogP contribution < -0.4 is 4.74 Å². The molecule has 0 saturated carbocycles. The van der Waals surface area contributed by atoms with E-state index in [-0.39, 0.29) is 12.5 Å². The number of para-hydroxylation sites is 1. The van der Waals surface area contributed by atoms with Crippen molar-refractivity contribution < 1.29 is 18.7 Å². The number of esters is 1. The highest BCUT2D eigenvalue weighted by Gasteiger charge is 2.20. The average Bonchev–Trinajstić information content (AvgIpc) is 3.46. The van der Waals surface area contributed by atoms with Gasteiger partial charge in [-0.15, -0.1) is 21.5 Å². The molecule has 0 radical (unpaired) electrons. The molecule has 1 unspecified atom stereocenters. The lowest BCUT2D eigenvalue weighted by atomic mass is 10.0. The third-order valence-electron chi connectivity index (χ3n) is 4.38. The Kier molecular flexibility index (Phi) is 6.20. The second-order valence-electron chi connectivity index (χ2n) is 6.61. The Labute approximate surface area is 178 Å². The minimum Gasteiger partial charge on any atom is -0.482 e. The summed E-state index contributed by atoms with van der Waals surface area (Å²) in [6.07, 6.45) is 0.0533. The number of carbonyl (C=O) groups is 1. The number of hydrogen-bond acceptors (Lipinski definition) is 7. The van der Waals surface area contributed by atoms with E-state index < -0.39 is 12.1 Å². The molecule has 2 heterocycles. The van der Waals surface area contributed by atoms with E-state index in [0.717, 1.165) is 16.9 Å². The first-order chi connectivity index (χ1) is 14.7. The van der Waals surface area contributed by atoms with Crippen molar-refractivity contribution in [1.82, 2.24) is 10.2 Å². The van der Waals surface area contributed by atoms with Gasteiger partial charge in [-0.25, -0.2) is 4.79 Å². The molecule has 0 N–H and O–H groups in total. The summed E-state index contributed by atoms with van der Waals surface area (Å²) in [6.45, 7) is 1.48. The lowest BCUT2D eigenvalue weighted by molar-refractivity contribution is -0.152. The Balaban J connectivity index is 1.34. The molecule has 4 aromatic rings. The summed E-state index contributed by atoms with van der Waals surface area (Å²) < 4.78 is 16.7. The topological polar surface area (TPSA) is 74.5 Å². The van der Waals surface area contributed by atoms with E-state index in [0.29, 0.717) is 11.6 Å². The highest BCUT2D eigenvalue weighted by molar-refractivity contribution is 7.13. The number of rotatable bonds is 8. The van der Waals surface area contributed by atoms with Crippen LogP contribution in [0.15, 0.2) is 76.5 Å². The van der Waals surface area contributed by atoms with E-state index in [1.54, 1.807) is 6.92 Å². The molecular weight excluding hydrogens is 400 g/mol. The van der Waals surface area contributed by atoms with Crippen molar-refractivity contribution in [3.05, 3.63) is 89.1 Å². The van der Waals surface area contributed by atoms with Crippen LogP contribution in [0.25, 0.3) is 10.8 Å². The summed E-state index contributed by atoms with van der Waals surface area (Å²) >= 11 is 1.50. The zero-order valence-corrected chi connectivity index (χ0v) is 17.2. The Morgan fingerprint density at radius 2 is 1.83 bits per heavy atom. The Morgan fingerprint density at radius 3 is 2.63 bits per heavy atom. The lowest BCUT2D eigenvalue weighted by Crippen LogP contribution is -2.17. The molecule has 2 aromatic carbocycles. The third kappa shape index (κ3) is 4.93. The minimum absolute atomic E-state index is 0.206. The van der Waals surface area contributed by atoms with E-state index in [2.05, 4.69) is 22.3 Å². The number of thiophene rings is 1. The van der Waals surface area contributed by atoms with Gasteiger partial charge in [-0.3, -0.25) is 0 Å². The standard InChI is InChI=1S/C23H20N2O4S/c1-16(22-24-25-23(29-22)20-12-7-13-30-20)28-21(26)15-27-19-11-6-5-10-18(19)14-17-8-3-2-4-9-17/h2-13,16H,14-15H2,1H3. The molecule has 30 heavy (non-hydrogen) atoms. The molecule has 0 spiro atoms. The van der Waals surface area contributed by atoms with Gasteiger partial charge in [0.1, 0.15) is 5.75 Å². The molecule has 0 fully saturated rings. The average molecular weight is 420 g/mol. The number of hydrogen-bond donors (Lipinski definition) is 0. The number of benzene rings is 2. The van der Waals surface area contributed by atoms with Crippen molar-refractivity contribution in [2.45, 2.75) is 19.4 Å². The fraction of sp³-hybridized carbons (Fsp3) is 0.174.